The molecule has 0 bridgehead atoms. The summed E-state index contributed by atoms with van der Waals surface area (Å²) in [7, 11) is 2.88. The van der Waals surface area contributed by atoms with E-state index in [9.17, 15) is 4.79 Å². The van der Waals surface area contributed by atoms with E-state index < -0.39 is 18.0 Å². The van der Waals surface area contributed by atoms with Crippen molar-refractivity contribution < 1.29 is 33.2 Å². The summed E-state index contributed by atoms with van der Waals surface area (Å²) in [6.45, 7) is 4.21. The molecule has 0 N–H and O–H groups in total. The van der Waals surface area contributed by atoms with E-state index in [2.05, 4.69) is 0 Å². The summed E-state index contributed by atoms with van der Waals surface area (Å²) in [5.74, 6) is -0.696. The molecule has 33 heavy (non-hydrogen) atoms. The van der Waals surface area contributed by atoms with E-state index in [4.69, 9.17) is 28.4 Å². The minimum atomic E-state index is -0.708. The van der Waals surface area contributed by atoms with Crippen LogP contribution in [0.3, 0.4) is 0 Å². The maximum absolute atomic E-state index is 12.3. The van der Waals surface area contributed by atoms with E-state index in [1.165, 1.54) is 14.2 Å². The fraction of sp³-hybridized carbons (Fsp3) is 0.423. The average molecular weight is 455 g/mol. The van der Waals surface area contributed by atoms with Crippen LogP contribution in [0.15, 0.2) is 54.6 Å². The van der Waals surface area contributed by atoms with Gasteiger partial charge in [-0.1, -0.05) is 54.6 Å². The Balaban J connectivity index is 1.47. The van der Waals surface area contributed by atoms with Gasteiger partial charge >= 0.3 is 5.97 Å². The lowest BCUT2D eigenvalue weighted by molar-refractivity contribution is -0.235. The van der Waals surface area contributed by atoms with Crippen LogP contribution in [0.25, 0.3) is 6.08 Å². The van der Waals surface area contributed by atoms with E-state index in [1.807, 2.05) is 68.5 Å². The fourth-order valence-electron chi connectivity index (χ4n) is 4.23. The third kappa shape index (κ3) is 5.28. The minimum Gasteiger partial charge on any atom is -0.496 e. The first-order valence-electron chi connectivity index (χ1n) is 11.0. The highest BCUT2D eigenvalue weighted by Gasteiger charge is 2.55. The Hall–Kier alpha value is -2.71. The van der Waals surface area contributed by atoms with Crippen LogP contribution in [0.5, 0.6) is 5.75 Å². The van der Waals surface area contributed by atoms with Gasteiger partial charge in [0.05, 0.1) is 26.9 Å². The molecule has 2 heterocycles. The second kappa shape index (κ2) is 10.1. The summed E-state index contributed by atoms with van der Waals surface area (Å²) >= 11 is 0. The molecular weight excluding hydrogens is 424 g/mol. The van der Waals surface area contributed by atoms with Gasteiger partial charge in [-0.2, -0.15) is 0 Å². The third-order valence-corrected chi connectivity index (χ3v) is 5.70. The number of methoxy groups -OCH3 is 2. The zero-order chi connectivity index (χ0) is 23.4. The van der Waals surface area contributed by atoms with Crippen molar-refractivity contribution in [3.05, 3.63) is 71.3 Å². The monoisotopic (exact) mass is 454 g/mol. The molecule has 2 fully saturated rings. The zero-order valence-corrected chi connectivity index (χ0v) is 19.4. The number of carbonyl (C=O) groups is 1. The minimum absolute atomic E-state index is 0.249. The molecule has 2 saturated heterocycles. The van der Waals surface area contributed by atoms with Crippen LogP contribution in [-0.2, 0) is 30.3 Å². The SMILES string of the molecule is COC(=O)c1c(/C=C/C[C@H]2O[C@H](OCc3ccccc3)[C@@H]3OC(C)(C)O[C@@H]32)cccc1OC. The lowest BCUT2D eigenvalue weighted by Crippen LogP contribution is -2.31. The molecule has 0 saturated carbocycles. The Morgan fingerprint density at radius 1 is 1.03 bits per heavy atom. The molecule has 2 aromatic rings. The predicted molar refractivity (Wildman–Crippen MR) is 122 cm³/mol. The molecule has 2 aromatic carbocycles. The summed E-state index contributed by atoms with van der Waals surface area (Å²) in [4.78, 5) is 12.3. The van der Waals surface area contributed by atoms with Gasteiger partial charge < -0.3 is 28.4 Å². The number of esters is 1. The van der Waals surface area contributed by atoms with Crippen LogP contribution in [-0.4, -0.2) is 50.6 Å². The topological polar surface area (TPSA) is 72.5 Å². The molecule has 4 rings (SSSR count). The third-order valence-electron chi connectivity index (χ3n) is 5.70. The molecular formula is C26H30O7. The van der Waals surface area contributed by atoms with E-state index in [0.29, 0.717) is 29.9 Å². The Morgan fingerprint density at radius 3 is 2.52 bits per heavy atom. The number of benzene rings is 2. The summed E-state index contributed by atoms with van der Waals surface area (Å²) in [5, 5.41) is 0. The number of hydrogen-bond donors (Lipinski definition) is 0. The Kier molecular flexibility index (Phi) is 7.14. The summed E-state index contributed by atoms with van der Waals surface area (Å²) < 4.78 is 34.7. The van der Waals surface area contributed by atoms with E-state index in [-0.39, 0.29) is 18.3 Å². The second-order valence-electron chi connectivity index (χ2n) is 8.46. The van der Waals surface area contributed by atoms with E-state index >= 15 is 0 Å². The van der Waals surface area contributed by atoms with Gasteiger partial charge in [-0.15, -0.1) is 0 Å². The fourth-order valence-corrected chi connectivity index (χ4v) is 4.23. The molecule has 0 radical (unpaired) electrons. The second-order valence-corrected chi connectivity index (χ2v) is 8.46. The van der Waals surface area contributed by atoms with Gasteiger partial charge in [0.25, 0.3) is 0 Å². The average Bonchev–Trinajstić information content (AvgIpc) is 3.30. The largest absolute Gasteiger partial charge is 0.496 e. The van der Waals surface area contributed by atoms with Crippen molar-refractivity contribution in [2.24, 2.45) is 0 Å². The first-order valence-corrected chi connectivity index (χ1v) is 11.0. The normalized spacial score (nSPS) is 25.8. The van der Waals surface area contributed by atoms with Gasteiger partial charge in [0.15, 0.2) is 12.1 Å². The van der Waals surface area contributed by atoms with Crippen LogP contribution in [0.4, 0.5) is 0 Å². The van der Waals surface area contributed by atoms with Crippen LogP contribution >= 0.6 is 0 Å². The smallest absolute Gasteiger partial charge is 0.342 e. The standard InChI is InChI=1S/C26H30O7/c1-26(2)32-22-20(31-25(23(22)33-26)30-16-17-10-6-5-7-11-17)15-9-13-18-12-8-14-19(28-3)21(18)24(27)29-4/h5-14,20,22-23,25H,15-16H2,1-4H3/b13-9+/t20-,22-,23-,25+/m1/s1. The van der Waals surface area contributed by atoms with Crippen molar-refractivity contribution in [3.63, 3.8) is 0 Å². The van der Waals surface area contributed by atoms with Crippen molar-refractivity contribution in [3.8, 4) is 5.75 Å². The van der Waals surface area contributed by atoms with Gasteiger partial charge in [0, 0.05) is 0 Å². The molecule has 7 nitrogen and oxygen atoms in total. The van der Waals surface area contributed by atoms with Crippen molar-refractivity contribution in [1.29, 1.82) is 0 Å². The zero-order valence-electron chi connectivity index (χ0n) is 19.4. The lowest BCUT2D eigenvalue weighted by Gasteiger charge is -2.24. The summed E-state index contributed by atoms with van der Waals surface area (Å²) in [6.07, 6.45) is 3.03. The number of carbonyl (C=O) groups excluding carboxylic acids is 1. The molecule has 0 amide bonds. The van der Waals surface area contributed by atoms with E-state index in [0.717, 1.165) is 5.56 Å². The highest BCUT2D eigenvalue weighted by atomic mass is 16.8. The van der Waals surface area contributed by atoms with Crippen molar-refractivity contribution in [2.45, 2.75) is 57.3 Å². The Morgan fingerprint density at radius 2 is 1.79 bits per heavy atom. The molecule has 7 heteroatoms. The summed E-state index contributed by atoms with van der Waals surface area (Å²) in [6, 6.07) is 15.3. The number of fused-ring (bicyclic) bond motifs is 1. The van der Waals surface area contributed by atoms with Crippen LogP contribution in [0, 0.1) is 0 Å². The van der Waals surface area contributed by atoms with Gasteiger partial charge in [-0.05, 0) is 37.5 Å². The molecule has 176 valence electrons. The first kappa shape index (κ1) is 23.4. The number of hydrogen-bond acceptors (Lipinski definition) is 7. The maximum Gasteiger partial charge on any atom is 0.342 e. The molecule has 0 unspecified atom stereocenters. The quantitative estimate of drug-likeness (QED) is 0.549. The van der Waals surface area contributed by atoms with Gasteiger partial charge in [0.1, 0.15) is 23.5 Å². The molecule has 0 aliphatic carbocycles. The van der Waals surface area contributed by atoms with E-state index in [1.54, 1.807) is 6.07 Å². The van der Waals surface area contributed by atoms with Crippen molar-refractivity contribution >= 4 is 12.0 Å². The molecule has 0 aromatic heterocycles. The van der Waals surface area contributed by atoms with Crippen LogP contribution in [0.1, 0.15) is 41.8 Å². The van der Waals surface area contributed by atoms with Crippen molar-refractivity contribution in [2.75, 3.05) is 14.2 Å². The predicted octanol–water partition coefficient (Wildman–Crippen LogP) is 4.35. The molecule has 2 aliphatic rings. The number of rotatable bonds is 8. The maximum atomic E-state index is 12.3. The Bertz CT molecular complexity index is 985. The highest BCUT2D eigenvalue weighted by molar-refractivity contribution is 5.96. The molecule has 0 spiro atoms. The first-order chi connectivity index (χ1) is 15.9. The van der Waals surface area contributed by atoms with Gasteiger partial charge in [0.2, 0.25) is 0 Å². The van der Waals surface area contributed by atoms with Gasteiger partial charge in [-0.25, -0.2) is 4.79 Å². The highest BCUT2D eigenvalue weighted by Crippen LogP contribution is 2.40. The van der Waals surface area contributed by atoms with Gasteiger partial charge in [-0.3, -0.25) is 0 Å². The summed E-state index contributed by atoms with van der Waals surface area (Å²) in [5.41, 5.74) is 2.15. The van der Waals surface area contributed by atoms with Crippen LogP contribution < -0.4 is 4.74 Å². The number of ether oxygens (including phenoxy) is 6. The van der Waals surface area contributed by atoms with Crippen LogP contribution in [0.2, 0.25) is 0 Å². The molecule has 2 aliphatic heterocycles. The Labute approximate surface area is 194 Å². The van der Waals surface area contributed by atoms with Crippen molar-refractivity contribution in [1.82, 2.24) is 0 Å². The lowest BCUT2D eigenvalue weighted by atomic mass is 10.0. The molecule has 4 atom stereocenters.